The van der Waals surface area contributed by atoms with Crippen LogP contribution in [0.15, 0.2) is 84.9 Å². The third kappa shape index (κ3) is 4.69. The van der Waals surface area contributed by atoms with E-state index in [0.29, 0.717) is 5.56 Å². The molecular formula is C28H31N3O2. The molecule has 0 radical (unpaired) electrons. The molecule has 0 spiro atoms. The fourth-order valence-electron chi connectivity index (χ4n) is 5.26. The van der Waals surface area contributed by atoms with Crippen LogP contribution < -0.4 is 11.5 Å². The molecule has 3 aromatic carbocycles. The first-order chi connectivity index (χ1) is 16.0. The first-order valence-corrected chi connectivity index (χ1v) is 11.5. The molecule has 4 rings (SSSR count). The molecule has 1 unspecified atom stereocenters. The molecule has 3 aromatic rings. The Labute approximate surface area is 195 Å². The van der Waals surface area contributed by atoms with E-state index in [1.165, 1.54) is 0 Å². The number of amides is 2. The zero-order valence-corrected chi connectivity index (χ0v) is 18.8. The molecule has 33 heavy (non-hydrogen) atoms. The van der Waals surface area contributed by atoms with Gasteiger partial charge in [0.1, 0.15) is 5.41 Å². The standard InChI is InChI=1S/C28H31N3O2/c29-26(32)22-15-13-21(14-16-22)17-19-31-18-7-12-25(20-31)28(27(30)33,23-8-3-1-4-9-23)24-10-5-2-6-11-24/h1-6,8-11,13-16,25H,7,12,17-20H2,(H2,29,32)(H2,30,33). The lowest BCUT2D eigenvalue weighted by molar-refractivity contribution is -0.124. The van der Waals surface area contributed by atoms with Crippen LogP contribution in [0.25, 0.3) is 0 Å². The van der Waals surface area contributed by atoms with E-state index in [2.05, 4.69) is 4.90 Å². The summed E-state index contributed by atoms with van der Waals surface area (Å²) in [6.07, 6.45) is 2.82. The van der Waals surface area contributed by atoms with Gasteiger partial charge in [-0.05, 0) is 60.5 Å². The molecule has 2 amide bonds. The van der Waals surface area contributed by atoms with Crippen LogP contribution in [0.4, 0.5) is 0 Å². The second-order valence-corrected chi connectivity index (χ2v) is 8.86. The average Bonchev–Trinajstić information content (AvgIpc) is 2.85. The van der Waals surface area contributed by atoms with Gasteiger partial charge in [-0.2, -0.15) is 0 Å². The number of carbonyl (C=O) groups excluding carboxylic acids is 2. The van der Waals surface area contributed by atoms with Crippen molar-refractivity contribution in [2.45, 2.75) is 24.7 Å². The van der Waals surface area contributed by atoms with E-state index in [-0.39, 0.29) is 11.8 Å². The van der Waals surface area contributed by atoms with E-state index in [1.54, 1.807) is 12.1 Å². The number of hydrogen-bond acceptors (Lipinski definition) is 3. The second kappa shape index (κ2) is 10.0. The van der Waals surface area contributed by atoms with Gasteiger partial charge in [-0.1, -0.05) is 72.8 Å². The Balaban J connectivity index is 1.59. The minimum absolute atomic E-state index is 0.0748. The molecule has 1 atom stereocenters. The molecule has 0 saturated carbocycles. The molecule has 1 aliphatic rings. The van der Waals surface area contributed by atoms with E-state index < -0.39 is 11.3 Å². The molecule has 1 fully saturated rings. The molecule has 0 aliphatic carbocycles. The molecule has 0 bridgehead atoms. The molecule has 5 nitrogen and oxygen atoms in total. The maximum atomic E-state index is 13.3. The van der Waals surface area contributed by atoms with E-state index in [0.717, 1.165) is 55.6 Å². The maximum Gasteiger partial charge on any atom is 0.248 e. The average molecular weight is 442 g/mol. The van der Waals surface area contributed by atoms with Crippen molar-refractivity contribution in [3.63, 3.8) is 0 Å². The zero-order chi connectivity index (χ0) is 23.3. The van der Waals surface area contributed by atoms with E-state index in [9.17, 15) is 9.59 Å². The maximum absolute atomic E-state index is 13.3. The summed E-state index contributed by atoms with van der Waals surface area (Å²) in [6, 6.07) is 27.4. The molecule has 1 aliphatic heterocycles. The predicted octanol–water partition coefficient (Wildman–Crippen LogP) is 3.51. The number of nitrogens with two attached hydrogens (primary N) is 2. The number of piperidine rings is 1. The Bertz CT molecular complexity index is 1040. The topological polar surface area (TPSA) is 89.4 Å². The van der Waals surface area contributed by atoms with Gasteiger partial charge in [-0.15, -0.1) is 0 Å². The molecule has 4 N–H and O–H groups in total. The smallest absolute Gasteiger partial charge is 0.248 e. The highest BCUT2D eigenvalue weighted by molar-refractivity contribution is 5.92. The summed E-state index contributed by atoms with van der Waals surface area (Å²) in [5.41, 5.74) is 14.3. The highest BCUT2D eigenvalue weighted by Gasteiger charge is 2.48. The number of nitrogens with zero attached hydrogens (tertiary/aromatic N) is 1. The molecule has 0 aromatic heterocycles. The van der Waals surface area contributed by atoms with E-state index >= 15 is 0 Å². The van der Waals surface area contributed by atoms with Crippen LogP contribution in [0.5, 0.6) is 0 Å². The molecule has 1 saturated heterocycles. The summed E-state index contributed by atoms with van der Waals surface area (Å²) >= 11 is 0. The Morgan fingerprint density at radius 1 is 0.848 bits per heavy atom. The van der Waals surface area contributed by atoms with Crippen LogP contribution in [0.3, 0.4) is 0 Å². The van der Waals surface area contributed by atoms with Crippen LogP contribution in [-0.2, 0) is 16.6 Å². The summed E-state index contributed by atoms with van der Waals surface area (Å²) in [7, 11) is 0. The Kier molecular flexibility index (Phi) is 6.90. The highest BCUT2D eigenvalue weighted by atomic mass is 16.1. The number of rotatable bonds is 8. The lowest BCUT2D eigenvalue weighted by Gasteiger charge is -2.44. The third-order valence-corrected chi connectivity index (χ3v) is 6.92. The Morgan fingerprint density at radius 3 is 1.94 bits per heavy atom. The van der Waals surface area contributed by atoms with Crippen molar-refractivity contribution in [2.75, 3.05) is 19.6 Å². The third-order valence-electron chi connectivity index (χ3n) is 6.92. The zero-order valence-electron chi connectivity index (χ0n) is 18.8. The van der Waals surface area contributed by atoms with Crippen molar-refractivity contribution >= 4 is 11.8 Å². The summed E-state index contributed by atoms with van der Waals surface area (Å²) in [6.45, 7) is 2.67. The normalized spacial score (nSPS) is 16.9. The van der Waals surface area contributed by atoms with Crippen molar-refractivity contribution in [1.82, 2.24) is 4.90 Å². The van der Waals surface area contributed by atoms with Gasteiger partial charge in [0.25, 0.3) is 0 Å². The quantitative estimate of drug-likeness (QED) is 0.561. The predicted molar refractivity (Wildman–Crippen MR) is 131 cm³/mol. The van der Waals surface area contributed by atoms with Crippen LogP contribution in [0, 0.1) is 5.92 Å². The van der Waals surface area contributed by atoms with Crippen molar-refractivity contribution in [3.8, 4) is 0 Å². The van der Waals surface area contributed by atoms with Crippen LogP contribution >= 0.6 is 0 Å². The van der Waals surface area contributed by atoms with Gasteiger partial charge in [-0.25, -0.2) is 0 Å². The first-order valence-electron chi connectivity index (χ1n) is 11.5. The lowest BCUT2D eigenvalue weighted by Crippen LogP contribution is -2.53. The fourth-order valence-corrected chi connectivity index (χ4v) is 5.26. The monoisotopic (exact) mass is 441 g/mol. The minimum Gasteiger partial charge on any atom is -0.369 e. The van der Waals surface area contributed by atoms with E-state index in [4.69, 9.17) is 11.5 Å². The number of benzene rings is 3. The molecular weight excluding hydrogens is 410 g/mol. The number of primary amides is 2. The second-order valence-electron chi connectivity index (χ2n) is 8.86. The van der Waals surface area contributed by atoms with Crippen molar-refractivity contribution in [2.24, 2.45) is 17.4 Å². The Hall–Kier alpha value is -3.44. The van der Waals surface area contributed by atoms with Crippen molar-refractivity contribution in [3.05, 3.63) is 107 Å². The fraction of sp³-hybridized carbons (Fsp3) is 0.286. The largest absolute Gasteiger partial charge is 0.369 e. The summed E-state index contributed by atoms with van der Waals surface area (Å²) in [5, 5.41) is 0. The Morgan fingerprint density at radius 2 is 1.42 bits per heavy atom. The van der Waals surface area contributed by atoms with Gasteiger partial charge in [0, 0.05) is 18.7 Å². The van der Waals surface area contributed by atoms with Crippen molar-refractivity contribution in [1.29, 1.82) is 0 Å². The van der Waals surface area contributed by atoms with E-state index in [1.807, 2.05) is 72.8 Å². The number of carbonyl (C=O) groups is 2. The molecule has 5 heteroatoms. The van der Waals surface area contributed by atoms with Crippen LogP contribution in [-0.4, -0.2) is 36.3 Å². The SMILES string of the molecule is NC(=O)c1ccc(CCN2CCCC(C(C(N)=O)(c3ccccc3)c3ccccc3)C2)cc1. The highest BCUT2D eigenvalue weighted by Crippen LogP contribution is 2.43. The van der Waals surface area contributed by atoms with Gasteiger partial charge in [0.15, 0.2) is 0 Å². The summed E-state index contributed by atoms with van der Waals surface area (Å²) in [4.78, 5) is 27.0. The van der Waals surface area contributed by atoms with Crippen molar-refractivity contribution < 1.29 is 9.59 Å². The minimum atomic E-state index is -0.871. The number of likely N-dealkylation sites (tertiary alicyclic amines) is 1. The van der Waals surface area contributed by atoms with Gasteiger partial charge in [-0.3, -0.25) is 9.59 Å². The lowest BCUT2D eigenvalue weighted by atomic mass is 9.63. The van der Waals surface area contributed by atoms with Gasteiger partial charge in [0.05, 0.1) is 0 Å². The van der Waals surface area contributed by atoms with Gasteiger partial charge in [0.2, 0.25) is 11.8 Å². The van der Waals surface area contributed by atoms with Crippen LogP contribution in [0.2, 0.25) is 0 Å². The summed E-state index contributed by atoms with van der Waals surface area (Å²) < 4.78 is 0. The first kappa shape index (κ1) is 22.7. The molecule has 170 valence electrons. The number of hydrogen-bond donors (Lipinski definition) is 2. The van der Waals surface area contributed by atoms with Gasteiger partial charge < -0.3 is 16.4 Å². The van der Waals surface area contributed by atoms with Crippen LogP contribution in [0.1, 0.15) is 39.9 Å². The van der Waals surface area contributed by atoms with Gasteiger partial charge >= 0.3 is 0 Å². The molecule has 1 heterocycles. The summed E-state index contributed by atoms with van der Waals surface area (Å²) in [5.74, 6) is -0.635.